The molecule has 0 heterocycles. The molecule has 1 aromatic carbocycles. The summed E-state index contributed by atoms with van der Waals surface area (Å²) in [7, 11) is 0. The van der Waals surface area contributed by atoms with Crippen LogP contribution in [0.15, 0.2) is 30.0 Å². The molecule has 1 aromatic rings. The number of carbonyl (C=O) groups is 1. The number of aryl methyl sites for hydroxylation is 1. The van der Waals surface area contributed by atoms with Crippen LogP contribution >= 0.6 is 22.6 Å². The first-order valence-electron chi connectivity index (χ1n) is 5.88. The summed E-state index contributed by atoms with van der Waals surface area (Å²) in [6, 6.07) is 7.78. The maximum absolute atomic E-state index is 11.9. The predicted molar refractivity (Wildman–Crippen MR) is 84.5 cm³/mol. The van der Waals surface area contributed by atoms with Gasteiger partial charge in [-0.05, 0) is 67.1 Å². The highest BCUT2D eigenvalue weighted by Crippen LogP contribution is 2.18. The lowest BCUT2D eigenvalue weighted by Crippen LogP contribution is -2.20. The van der Waals surface area contributed by atoms with Crippen molar-refractivity contribution in [2.24, 2.45) is 0 Å². The molecule has 0 aliphatic carbocycles. The molecule has 0 unspecified atom stereocenters. The first kappa shape index (κ1) is 15.5. The van der Waals surface area contributed by atoms with E-state index in [1.165, 1.54) is 6.20 Å². The number of nitrogens with zero attached hydrogens (tertiary/aromatic N) is 1. The van der Waals surface area contributed by atoms with Crippen molar-refractivity contribution in [1.29, 1.82) is 5.26 Å². The van der Waals surface area contributed by atoms with Gasteiger partial charge >= 0.3 is 0 Å². The molecule has 100 valence electrons. The van der Waals surface area contributed by atoms with Gasteiger partial charge in [-0.25, -0.2) is 0 Å². The van der Waals surface area contributed by atoms with Crippen LogP contribution in [-0.2, 0) is 4.79 Å². The van der Waals surface area contributed by atoms with E-state index in [2.05, 4.69) is 33.2 Å². The minimum absolute atomic E-state index is 0.0617. The topological polar surface area (TPSA) is 64.9 Å². The van der Waals surface area contributed by atoms with E-state index in [4.69, 9.17) is 5.26 Å². The summed E-state index contributed by atoms with van der Waals surface area (Å²) in [5, 5.41) is 14.7. The molecule has 0 bridgehead atoms. The average molecular weight is 369 g/mol. The van der Waals surface area contributed by atoms with Crippen molar-refractivity contribution in [2.75, 3.05) is 5.32 Å². The standard InChI is InChI=1S/C14H16IN3O/c1-9(2)17-8-11(7-16)14(19)18-13-5-4-12(15)6-10(13)3/h4-6,8-9,17H,1-3H3,(H,18,19)/b11-8-. The third-order valence-corrected chi connectivity index (χ3v) is 3.03. The van der Waals surface area contributed by atoms with E-state index < -0.39 is 5.91 Å². The highest BCUT2D eigenvalue weighted by atomic mass is 127. The Morgan fingerprint density at radius 2 is 2.16 bits per heavy atom. The molecule has 19 heavy (non-hydrogen) atoms. The number of nitriles is 1. The fourth-order valence-corrected chi connectivity index (χ4v) is 2.00. The predicted octanol–water partition coefficient (Wildman–Crippen LogP) is 2.94. The molecule has 5 heteroatoms. The highest BCUT2D eigenvalue weighted by Gasteiger charge is 2.10. The summed E-state index contributed by atoms with van der Waals surface area (Å²) in [6.45, 7) is 5.79. The summed E-state index contributed by atoms with van der Waals surface area (Å²) in [4.78, 5) is 11.9. The molecule has 0 fully saturated rings. The number of halogens is 1. The molecule has 0 atom stereocenters. The largest absolute Gasteiger partial charge is 0.387 e. The van der Waals surface area contributed by atoms with Gasteiger partial charge in [0.05, 0.1) is 0 Å². The van der Waals surface area contributed by atoms with Gasteiger partial charge in [-0.3, -0.25) is 4.79 Å². The molecule has 2 N–H and O–H groups in total. The van der Waals surface area contributed by atoms with Gasteiger partial charge in [-0.2, -0.15) is 5.26 Å². The van der Waals surface area contributed by atoms with Gasteiger partial charge in [-0.15, -0.1) is 0 Å². The van der Waals surface area contributed by atoms with E-state index in [1.54, 1.807) is 0 Å². The molecule has 0 saturated carbocycles. The van der Waals surface area contributed by atoms with Crippen LogP contribution in [0.1, 0.15) is 19.4 Å². The molecule has 0 aliphatic rings. The molecule has 1 rings (SSSR count). The number of carbonyl (C=O) groups excluding carboxylic acids is 1. The zero-order chi connectivity index (χ0) is 14.4. The minimum Gasteiger partial charge on any atom is -0.387 e. The van der Waals surface area contributed by atoms with E-state index in [9.17, 15) is 4.79 Å². The van der Waals surface area contributed by atoms with Gasteiger partial charge in [0.1, 0.15) is 11.6 Å². The number of anilines is 1. The zero-order valence-electron chi connectivity index (χ0n) is 11.1. The Bertz CT molecular complexity index is 544. The zero-order valence-corrected chi connectivity index (χ0v) is 13.3. The first-order chi connectivity index (χ1) is 8.93. The summed E-state index contributed by atoms with van der Waals surface area (Å²) >= 11 is 2.21. The van der Waals surface area contributed by atoms with Gasteiger partial charge < -0.3 is 10.6 Å². The van der Waals surface area contributed by atoms with Crippen molar-refractivity contribution in [2.45, 2.75) is 26.8 Å². The number of hydrogen-bond acceptors (Lipinski definition) is 3. The van der Waals surface area contributed by atoms with Crippen molar-refractivity contribution in [1.82, 2.24) is 5.32 Å². The molecule has 0 radical (unpaired) electrons. The number of hydrogen-bond donors (Lipinski definition) is 2. The lowest BCUT2D eigenvalue weighted by molar-refractivity contribution is -0.112. The normalized spacial score (nSPS) is 11.1. The van der Waals surface area contributed by atoms with Crippen molar-refractivity contribution < 1.29 is 4.79 Å². The van der Waals surface area contributed by atoms with Gasteiger partial charge in [-0.1, -0.05) is 0 Å². The molecule has 0 saturated heterocycles. The van der Waals surface area contributed by atoms with Crippen molar-refractivity contribution in [3.05, 3.63) is 39.1 Å². The molecule has 0 aromatic heterocycles. The second-order valence-corrected chi connectivity index (χ2v) is 5.65. The van der Waals surface area contributed by atoms with Crippen LogP contribution in [0.25, 0.3) is 0 Å². The van der Waals surface area contributed by atoms with Crippen LogP contribution in [0.2, 0.25) is 0 Å². The Balaban J connectivity index is 2.83. The van der Waals surface area contributed by atoms with E-state index >= 15 is 0 Å². The van der Waals surface area contributed by atoms with Crippen LogP contribution < -0.4 is 10.6 Å². The Hall–Kier alpha value is -1.55. The smallest absolute Gasteiger partial charge is 0.267 e. The summed E-state index contributed by atoms with van der Waals surface area (Å²) in [5.41, 5.74) is 1.75. The van der Waals surface area contributed by atoms with Gasteiger partial charge in [0.2, 0.25) is 0 Å². The quantitative estimate of drug-likeness (QED) is 0.487. The third kappa shape index (κ3) is 4.91. The SMILES string of the molecule is Cc1cc(I)ccc1NC(=O)/C(C#N)=C\NC(C)C. The number of benzene rings is 1. The second kappa shape index (κ2) is 7.14. The van der Waals surface area contributed by atoms with Crippen LogP contribution in [0.3, 0.4) is 0 Å². The number of rotatable bonds is 4. The molecular weight excluding hydrogens is 353 g/mol. The van der Waals surface area contributed by atoms with Gasteiger partial charge in [0.15, 0.2) is 0 Å². The first-order valence-corrected chi connectivity index (χ1v) is 6.95. The summed E-state index contributed by atoms with van der Waals surface area (Å²) < 4.78 is 1.10. The van der Waals surface area contributed by atoms with Crippen molar-refractivity contribution in [3.63, 3.8) is 0 Å². The third-order valence-electron chi connectivity index (χ3n) is 2.36. The Morgan fingerprint density at radius 1 is 1.47 bits per heavy atom. The van der Waals surface area contributed by atoms with Crippen LogP contribution in [0, 0.1) is 21.8 Å². The van der Waals surface area contributed by atoms with Crippen LogP contribution in [-0.4, -0.2) is 11.9 Å². The van der Waals surface area contributed by atoms with Crippen LogP contribution in [0.5, 0.6) is 0 Å². The maximum Gasteiger partial charge on any atom is 0.267 e. The molecular formula is C14H16IN3O. The Morgan fingerprint density at radius 3 is 2.68 bits per heavy atom. The van der Waals surface area contributed by atoms with Gasteiger partial charge in [0.25, 0.3) is 5.91 Å². The minimum atomic E-state index is -0.403. The molecule has 0 spiro atoms. The number of amides is 1. The van der Waals surface area contributed by atoms with Crippen molar-refractivity contribution >= 4 is 34.2 Å². The fraction of sp³-hybridized carbons (Fsp3) is 0.286. The average Bonchev–Trinajstić information content (AvgIpc) is 2.33. The number of nitrogens with one attached hydrogen (secondary N) is 2. The Labute approximate surface area is 127 Å². The van der Waals surface area contributed by atoms with E-state index in [0.717, 1.165) is 14.8 Å². The van der Waals surface area contributed by atoms with E-state index in [1.807, 2.05) is 45.0 Å². The van der Waals surface area contributed by atoms with Gasteiger partial charge in [0, 0.05) is 21.5 Å². The molecule has 4 nitrogen and oxygen atoms in total. The molecule has 1 amide bonds. The molecule has 0 aliphatic heterocycles. The monoisotopic (exact) mass is 369 g/mol. The second-order valence-electron chi connectivity index (χ2n) is 4.40. The summed E-state index contributed by atoms with van der Waals surface area (Å²) in [5.74, 6) is -0.403. The highest BCUT2D eigenvalue weighted by molar-refractivity contribution is 14.1. The van der Waals surface area contributed by atoms with E-state index in [0.29, 0.717) is 0 Å². The van der Waals surface area contributed by atoms with Crippen LogP contribution in [0.4, 0.5) is 5.69 Å². The lowest BCUT2D eigenvalue weighted by atomic mass is 10.2. The maximum atomic E-state index is 11.9. The lowest BCUT2D eigenvalue weighted by Gasteiger charge is -2.09. The van der Waals surface area contributed by atoms with E-state index in [-0.39, 0.29) is 11.6 Å². The fourth-order valence-electron chi connectivity index (χ4n) is 1.36. The summed E-state index contributed by atoms with van der Waals surface area (Å²) in [6.07, 6.45) is 1.45. The Kier molecular flexibility index (Phi) is 5.83. The van der Waals surface area contributed by atoms with Crippen molar-refractivity contribution in [3.8, 4) is 6.07 Å².